The largest absolute Gasteiger partial charge is 0.493 e. The van der Waals surface area contributed by atoms with Crippen LogP contribution in [-0.4, -0.2) is 45.6 Å². The first-order chi connectivity index (χ1) is 20.2. The lowest BCUT2D eigenvalue weighted by atomic mass is 9.96. The van der Waals surface area contributed by atoms with Gasteiger partial charge in [0.05, 0.1) is 22.0 Å². The van der Waals surface area contributed by atoms with E-state index in [0.29, 0.717) is 54.1 Å². The van der Waals surface area contributed by atoms with Crippen molar-refractivity contribution in [2.24, 2.45) is 10.2 Å². The molecule has 1 saturated heterocycles. The van der Waals surface area contributed by atoms with Gasteiger partial charge in [-0.05, 0) is 80.7 Å². The second-order valence-electron chi connectivity index (χ2n) is 11.5. The van der Waals surface area contributed by atoms with Gasteiger partial charge in [0.2, 0.25) is 5.88 Å². The summed E-state index contributed by atoms with van der Waals surface area (Å²) in [6.07, 6.45) is -2.32. The van der Waals surface area contributed by atoms with E-state index >= 15 is 0 Å². The number of nitrogens with zero attached hydrogens (tertiary/aromatic N) is 4. The molecule has 0 saturated carbocycles. The highest BCUT2D eigenvalue weighted by atomic mass is 35.5. The maximum absolute atomic E-state index is 14.0. The molecule has 0 spiro atoms. The minimum absolute atomic E-state index is 0.0552. The van der Waals surface area contributed by atoms with Gasteiger partial charge in [0.25, 0.3) is 0 Å². The van der Waals surface area contributed by atoms with Crippen molar-refractivity contribution in [1.82, 2.24) is 9.47 Å². The lowest BCUT2D eigenvalue weighted by molar-refractivity contribution is -0.138. The smallest absolute Gasteiger partial charge is 0.416 e. The van der Waals surface area contributed by atoms with Crippen molar-refractivity contribution < 1.29 is 27.8 Å². The van der Waals surface area contributed by atoms with Gasteiger partial charge < -0.3 is 14.7 Å². The van der Waals surface area contributed by atoms with E-state index in [1.54, 1.807) is 43.9 Å². The molecule has 5 rings (SSSR count). The fourth-order valence-corrected chi connectivity index (χ4v) is 6.49. The maximum atomic E-state index is 14.0. The lowest BCUT2D eigenvalue weighted by Crippen LogP contribution is -2.37. The summed E-state index contributed by atoms with van der Waals surface area (Å²) < 4.78 is 48.9. The molecular weight excluding hydrogens is 605 g/mol. The normalized spacial score (nSPS) is 17.7. The van der Waals surface area contributed by atoms with Crippen molar-refractivity contribution in [2.75, 3.05) is 13.1 Å². The molecule has 1 amide bonds. The first-order valence-corrected chi connectivity index (χ1v) is 14.9. The molecule has 0 bridgehead atoms. The standard InChI is InChI=1S/C30H30ClF3N4O4S/c1-29(2,3)42-27(40)37-11-4-5-21(10-12-37)38-26(39)25(43-28(38)41)22(17-7-9-24-19(13-17)16-35-36-24)14-18-6-8-20(31)15-23(18)30(32,33)34/h6-9,13,15-16,21,39H,4-5,10-12,14H2,1-3H3. The number of carbonyl (C=O) groups excluding carboxylic acids is 1. The van der Waals surface area contributed by atoms with Gasteiger partial charge in [-0.25, -0.2) is 4.79 Å². The van der Waals surface area contributed by atoms with Crippen LogP contribution >= 0.6 is 22.9 Å². The van der Waals surface area contributed by atoms with Crippen molar-refractivity contribution in [3.63, 3.8) is 0 Å². The third-order valence-corrected chi connectivity index (χ3v) is 8.53. The Bertz CT molecular complexity index is 1780. The highest BCUT2D eigenvalue weighted by Crippen LogP contribution is 2.38. The van der Waals surface area contributed by atoms with Gasteiger partial charge in [0.15, 0.2) is 0 Å². The number of fused-ring (bicyclic) bond motifs is 1. The Morgan fingerprint density at radius 3 is 2.63 bits per heavy atom. The van der Waals surface area contributed by atoms with Gasteiger partial charge in [-0.2, -0.15) is 23.4 Å². The molecule has 2 aliphatic heterocycles. The molecule has 1 N–H and O–H groups in total. The number of rotatable bonds is 4. The number of ether oxygens (including phenoxy) is 1. The average Bonchev–Trinajstić information content (AvgIpc) is 3.40. The van der Waals surface area contributed by atoms with E-state index in [0.717, 1.165) is 17.4 Å². The quantitative estimate of drug-likeness (QED) is 0.401. The molecule has 13 heteroatoms. The number of aromatic nitrogens is 1. The van der Waals surface area contributed by atoms with Crippen LogP contribution in [0, 0.1) is 0 Å². The molecule has 8 nitrogen and oxygen atoms in total. The highest BCUT2D eigenvalue weighted by Gasteiger charge is 2.35. The first kappa shape index (κ1) is 30.8. The Kier molecular flexibility index (Phi) is 8.45. The third kappa shape index (κ3) is 6.80. The summed E-state index contributed by atoms with van der Waals surface area (Å²) in [5.74, 6) is -0.318. The number of aromatic hydroxyl groups is 1. The minimum atomic E-state index is -4.67. The molecule has 228 valence electrons. The van der Waals surface area contributed by atoms with E-state index in [1.165, 1.54) is 22.9 Å². The van der Waals surface area contributed by atoms with Gasteiger partial charge in [0, 0.05) is 36.1 Å². The molecule has 3 heterocycles. The summed E-state index contributed by atoms with van der Waals surface area (Å²) in [6, 6.07) is 8.25. The maximum Gasteiger partial charge on any atom is 0.416 e. The van der Waals surface area contributed by atoms with Crippen LogP contribution in [0.3, 0.4) is 0 Å². The van der Waals surface area contributed by atoms with Crippen LogP contribution in [-0.2, 0) is 17.3 Å². The van der Waals surface area contributed by atoms with Crippen LogP contribution in [0.2, 0.25) is 5.02 Å². The van der Waals surface area contributed by atoms with Crippen molar-refractivity contribution in [3.05, 3.63) is 83.2 Å². The van der Waals surface area contributed by atoms with Crippen LogP contribution < -0.4 is 15.4 Å². The molecule has 2 aromatic carbocycles. The zero-order valence-corrected chi connectivity index (χ0v) is 25.3. The number of alkyl halides is 3. The molecule has 43 heavy (non-hydrogen) atoms. The van der Waals surface area contributed by atoms with Gasteiger partial charge in [-0.15, -0.1) is 0 Å². The number of hydrogen-bond acceptors (Lipinski definition) is 7. The van der Waals surface area contributed by atoms with Gasteiger partial charge in [-0.1, -0.05) is 35.1 Å². The van der Waals surface area contributed by atoms with E-state index in [9.17, 15) is 27.9 Å². The zero-order chi connectivity index (χ0) is 31.1. The zero-order valence-electron chi connectivity index (χ0n) is 23.7. The second-order valence-corrected chi connectivity index (χ2v) is 12.9. The summed E-state index contributed by atoms with van der Waals surface area (Å²) in [5, 5.41) is 20.5. The molecule has 1 aromatic heterocycles. The van der Waals surface area contributed by atoms with Crippen molar-refractivity contribution in [1.29, 1.82) is 0 Å². The van der Waals surface area contributed by atoms with E-state index in [1.807, 2.05) is 0 Å². The lowest BCUT2D eigenvalue weighted by Gasteiger charge is -2.26. The number of carbonyl (C=O) groups is 1. The molecule has 3 aromatic rings. The summed E-state index contributed by atoms with van der Waals surface area (Å²) in [5.41, 5.74) is -0.592. The predicted octanol–water partition coefficient (Wildman–Crippen LogP) is 5.66. The molecule has 2 aliphatic rings. The first-order valence-electron chi connectivity index (χ1n) is 13.7. The number of amides is 1. The van der Waals surface area contributed by atoms with Crippen LogP contribution in [0.1, 0.15) is 67.6 Å². The number of hydrogen-bond donors (Lipinski definition) is 1. The van der Waals surface area contributed by atoms with Crippen LogP contribution in [0.5, 0.6) is 5.88 Å². The number of halogens is 4. The van der Waals surface area contributed by atoms with Crippen LogP contribution in [0.4, 0.5) is 18.0 Å². The van der Waals surface area contributed by atoms with Crippen molar-refractivity contribution in [2.45, 2.75) is 64.3 Å². The van der Waals surface area contributed by atoms with E-state index in [2.05, 4.69) is 10.2 Å². The monoisotopic (exact) mass is 634 g/mol. The summed E-state index contributed by atoms with van der Waals surface area (Å²) >= 11 is 6.70. The Morgan fingerprint density at radius 1 is 1.14 bits per heavy atom. The van der Waals surface area contributed by atoms with E-state index < -0.39 is 34.3 Å². The third-order valence-electron chi connectivity index (χ3n) is 7.29. The van der Waals surface area contributed by atoms with Gasteiger partial charge >= 0.3 is 17.1 Å². The Morgan fingerprint density at radius 2 is 1.91 bits per heavy atom. The van der Waals surface area contributed by atoms with Crippen LogP contribution in [0.15, 0.2) is 51.4 Å². The second kappa shape index (κ2) is 11.8. The molecule has 1 atom stereocenters. The molecule has 1 unspecified atom stereocenters. The average molecular weight is 635 g/mol. The fourth-order valence-electron chi connectivity index (χ4n) is 5.30. The van der Waals surface area contributed by atoms with Gasteiger partial charge in [-0.3, -0.25) is 9.36 Å². The molecule has 1 fully saturated rings. The topological polar surface area (TPSA) is 96.5 Å². The Balaban J connectivity index is 1.56. The van der Waals surface area contributed by atoms with E-state index in [4.69, 9.17) is 16.3 Å². The number of benzene rings is 2. The molecule has 0 radical (unpaired) electrons. The highest BCUT2D eigenvalue weighted by molar-refractivity contribution is 7.10. The summed E-state index contributed by atoms with van der Waals surface area (Å²) in [4.78, 5) is 27.4. The van der Waals surface area contributed by atoms with Gasteiger partial charge in [0.1, 0.15) is 5.60 Å². The molecule has 0 aliphatic carbocycles. The summed E-state index contributed by atoms with van der Waals surface area (Å²) in [6.45, 7) is 6.12. The number of thiazole rings is 1. The summed E-state index contributed by atoms with van der Waals surface area (Å²) in [7, 11) is 0. The fraction of sp³-hybridized carbons (Fsp3) is 0.400. The minimum Gasteiger partial charge on any atom is -0.493 e. The Hall–Kier alpha value is -3.64. The predicted molar refractivity (Wildman–Crippen MR) is 158 cm³/mol. The number of likely N-dealkylation sites (tertiary alicyclic amines) is 1. The Labute approximate surface area is 254 Å². The van der Waals surface area contributed by atoms with Crippen molar-refractivity contribution in [3.8, 4) is 5.88 Å². The molecular formula is C30H30ClF3N4O4S. The van der Waals surface area contributed by atoms with Crippen molar-refractivity contribution >= 4 is 40.8 Å². The van der Waals surface area contributed by atoms with Crippen LogP contribution in [0.25, 0.3) is 5.57 Å². The van der Waals surface area contributed by atoms with E-state index in [-0.39, 0.29) is 27.8 Å². The SMILES string of the molecule is CC(C)(C)OC(=O)N1CCCC(n2c(O)c(C(Cc3ccc(Cl)cc3C(F)(F)F)=c3ccc4c(c3)C=NN=4)sc2=O)CC1.